The molecule has 5 nitrogen and oxygen atoms in total. The Morgan fingerprint density at radius 1 is 0.938 bits per heavy atom. The van der Waals surface area contributed by atoms with Crippen LogP contribution in [0.2, 0.25) is 0 Å². The third kappa shape index (κ3) is 5.30. The summed E-state index contributed by atoms with van der Waals surface area (Å²) in [4.78, 5) is 14.0. The highest BCUT2D eigenvalue weighted by Gasteiger charge is 2.09. The van der Waals surface area contributed by atoms with Crippen LogP contribution in [0.15, 0.2) is 72.8 Å². The topological polar surface area (TPSA) is 71.5 Å². The van der Waals surface area contributed by atoms with Crippen LogP contribution in [-0.2, 0) is 17.8 Å². The minimum absolute atomic E-state index is 0.113. The van der Waals surface area contributed by atoms with Gasteiger partial charge in [-0.15, -0.1) is 0 Å². The van der Waals surface area contributed by atoms with Gasteiger partial charge in [0.25, 0.3) is 0 Å². The van der Waals surface area contributed by atoms with Crippen LogP contribution >= 0.6 is 0 Å². The normalized spacial score (nSPS) is 10.9. The van der Waals surface area contributed by atoms with Gasteiger partial charge >= 0.3 is 5.97 Å². The molecule has 4 aromatic rings. The molecule has 4 rings (SSSR count). The van der Waals surface area contributed by atoms with Gasteiger partial charge in [-0.3, -0.25) is 4.79 Å². The Bertz CT molecular complexity index is 1180. The largest absolute Gasteiger partial charge is 0.494 e. The number of aliphatic carboxylic acids is 1. The fourth-order valence-electron chi connectivity index (χ4n) is 3.59. The van der Waals surface area contributed by atoms with Gasteiger partial charge in [0.05, 0.1) is 6.61 Å². The summed E-state index contributed by atoms with van der Waals surface area (Å²) in [5.74, 6) is 0.775. The van der Waals surface area contributed by atoms with Gasteiger partial charge in [0.1, 0.15) is 18.1 Å². The number of H-pyrrole nitrogens is 1. The summed E-state index contributed by atoms with van der Waals surface area (Å²) in [6, 6.07) is 24.5. The minimum atomic E-state index is -0.805. The number of nitrogens with one attached hydrogen (secondary N) is 1. The van der Waals surface area contributed by atoms with Crippen molar-refractivity contribution in [2.75, 3.05) is 6.61 Å². The average Bonchev–Trinajstić information content (AvgIpc) is 3.26. The average molecular weight is 430 g/mol. The molecule has 32 heavy (non-hydrogen) atoms. The van der Waals surface area contributed by atoms with Crippen LogP contribution in [-0.4, -0.2) is 22.7 Å². The minimum Gasteiger partial charge on any atom is -0.494 e. The Labute approximate surface area is 187 Å². The second kappa shape index (κ2) is 10.1. The van der Waals surface area contributed by atoms with E-state index in [0.717, 1.165) is 45.6 Å². The molecular weight excluding hydrogens is 402 g/mol. The Hall–Kier alpha value is -3.73. The maximum Gasteiger partial charge on any atom is 0.303 e. The number of carboxylic acid groups (broad SMARTS) is 1. The summed E-state index contributed by atoms with van der Waals surface area (Å²) in [7, 11) is 0. The molecule has 0 amide bonds. The molecule has 0 aliphatic carbocycles. The van der Waals surface area contributed by atoms with Crippen molar-refractivity contribution in [1.82, 2.24) is 4.98 Å². The fourth-order valence-corrected chi connectivity index (χ4v) is 3.59. The van der Waals surface area contributed by atoms with E-state index >= 15 is 0 Å². The third-order valence-corrected chi connectivity index (χ3v) is 5.42. The number of hydrogen-bond acceptors (Lipinski definition) is 3. The molecule has 0 unspecified atom stereocenters. The molecule has 2 N–H and O–H groups in total. The summed E-state index contributed by atoms with van der Waals surface area (Å²) in [6.45, 7) is 3.07. The quantitative estimate of drug-likeness (QED) is 0.294. The molecule has 0 fully saturated rings. The zero-order chi connectivity index (χ0) is 22.3. The smallest absolute Gasteiger partial charge is 0.303 e. The zero-order valence-corrected chi connectivity index (χ0v) is 18.1. The number of carboxylic acids is 1. The van der Waals surface area contributed by atoms with E-state index in [2.05, 4.69) is 42.2 Å². The summed E-state index contributed by atoms with van der Waals surface area (Å²) in [6.07, 6.45) is 1.64. The van der Waals surface area contributed by atoms with E-state index in [9.17, 15) is 4.79 Å². The Balaban J connectivity index is 1.44. The Morgan fingerprint density at radius 3 is 2.41 bits per heavy atom. The first-order chi connectivity index (χ1) is 15.6. The summed E-state index contributed by atoms with van der Waals surface area (Å²) >= 11 is 0. The number of carbonyl (C=O) groups is 1. The Kier molecular flexibility index (Phi) is 6.75. The highest BCUT2D eigenvalue weighted by molar-refractivity contribution is 5.90. The molecule has 3 aromatic carbocycles. The second-order valence-electron chi connectivity index (χ2n) is 7.73. The fraction of sp³-hybridized carbons (Fsp3) is 0.222. The van der Waals surface area contributed by atoms with Crippen molar-refractivity contribution in [2.24, 2.45) is 0 Å². The zero-order valence-electron chi connectivity index (χ0n) is 18.1. The van der Waals surface area contributed by atoms with Crippen molar-refractivity contribution in [3.05, 3.63) is 83.9 Å². The lowest BCUT2D eigenvalue weighted by atomic mass is 10.1. The number of rotatable bonds is 10. The molecular formula is C27H27NO4. The summed E-state index contributed by atoms with van der Waals surface area (Å²) in [5.41, 5.74) is 5.53. The molecule has 0 radical (unpaired) electrons. The standard InChI is InChI=1S/C27H27NO4/c1-2-19-8-10-20(11-9-19)18-32-26-6-3-5-24-23(26)17-25(28-24)21-12-14-22(15-13-21)31-16-4-7-27(29)30/h3,5-6,8-15,17,28H,2,4,7,16,18H2,1H3,(H,29,30). The molecule has 1 heterocycles. The summed E-state index contributed by atoms with van der Waals surface area (Å²) < 4.78 is 11.8. The highest BCUT2D eigenvalue weighted by Crippen LogP contribution is 2.31. The molecule has 0 spiro atoms. The molecule has 0 aliphatic heterocycles. The van der Waals surface area contributed by atoms with Gasteiger partial charge in [0.2, 0.25) is 0 Å². The van der Waals surface area contributed by atoms with Crippen LogP contribution in [0.1, 0.15) is 30.9 Å². The maximum atomic E-state index is 10.6. The number of ether oxygens (including phenoxy) is 2. The van der Waals surface area contributed by atoms with Crippen LogP contribution in [0.25, 0.3) is 22.2 Å². The van der Waals surface area contributed by atoms with Crippen LogP contribution in [0, 0.1) is 0 Å². The predicted octanol–water partition coefficient (Wildman–Crippen LogP) is 6.22. The van der Waals surface area contributed by atoms with Gasteiger partial charge in [-0.2, -0.15) is 0 Å². The third-order valence-electron chi connectivity index (χ3n) is 5.42. The Morgan fingerprint density at radius 2 is 1.69 bits per heavy atom. The lowest BCUT2D eigenvalue weighted by Gasteiger charge is -2.08. The van der Waals surface area contributed by atoms with Crippen molar-refractivity contribution in [3.63, 3.8) is 0 Å². The van der Waals surface area contributed by atoms with Crippen molar-refractivity contribution < 1.29 is 19.4 Å². The molecule has 0 atom stereocenters. The molecule has 0 aliphatic rings. The maximum absolute atomic E-state index is 10.6. The van der Waals surface area contributed by atoms with Crippen molar-refractivity contribution in [1.29, 1.82) is 0 Å². The van der Waals surface area contributed by atoms with E-state index in [4.69, 9.17) is 14.6 Å². The predicted molar refractivity (Wildman–Crippen MR) is 126 cm³/mol. The number of fused-ring (bicyclic) bond motifs is 1. The van der Waals surface area contributed by atoms with Crippen LogP contribution < -0.4 is 9.47 Å². The molecule has 0 bridgehead atoms. The highest BCUT2D eigenvalue weighted by atomic mass is 16.5. The van der Waals surface area contributed by atoms with Crippen LogP contribution in [0.3, 0.4) is 0 Å². The summed E-state index contributed by atoms with van der Waals surface area (Å²) in [5, 5.41) is 9.74. The first-order valence-electron chi connectivity index (χ1n) is 10.9. The molecule has 1 aromatic heterocycles. The first-order valence-corrected chi connectivity index (χ1v) is 10.9. The van der Waals surface area contributed by atoms with Crippen molar-refractivity contribution >= 4 is 16.9 Å². The van der Waals surface area contributed by atoms with E-state index in [0.29, 0.717) is 19.6 Å². The molecule has 5 heteroatoms. The van der Waals surface area contributed by atoms with Gasteiger partial charge < -0.3 is 19.6 Å². The van der Waals surface area contributed by atoms with E-state index in [-0.39, 0.29) is 6.42 Å². The van der Waals surface area contributed by atoms with E-state index in [1.165, 1.54) is 5.56 Å². The molecule has 164 valence electrons. The lowest BCUT2D eigenvalue weighted by molar-refractivity contribution is -0.137. The lowest BCUT2D eigenvalue weighted by Crippen LogP contribution is -2.01. The van der Waals surface area contributed by atoms with Gasteiger partial charge in [0, 0.05) is 23.0 Å². The SMILES string of the molecule is CCc1ccc(COc2cccc3[nH]c(-c4ccc(OCCCC(=O)O)cc4)cc23)cc1. The van der Waals surface area contributed by atoms with Gasteiger partial charge in [-0.05, 0) is 72.0 Å². The van der Waals surface area contributed by atoms with Crippen molar-refractivity contribution in [2.45, 2.75) is 32.8 Å². The molecule has 0 saturated carbocycles. The van der Waals surface area contributed by atoms with Gasteiger partial charge in [-0.25, -0.2) is 0 Å². The van der Waals surface area contributed by atoms with Gasteiger partial charge in [0.15, 0.2) is 0 Å². The van der Waals surface area contributed by atoms with Gasteiger partial charge in [-0.1, -0.05) is 37.3 Å². The number of benzene rings is 3. The van der Waals surface area contributed by atoms with E-state index < -0.39 is 5.97 Å². The number of aryl methyl sites for hydroxylation is 1. The monoisotopic (exact) mass is 429 g/mol. The van der Waals surface area contributed by atoms with Crippen LogP contribution in [0.4, 0.5) is 0 Å². The van der Waals surface area contributed by atoms with Crippen molar-refractivity contribution in [3.8, 4) is 22.8 Å². The van der Waals surface area contributed by atoms with E-state index in [1.807, 2.05) is 42.5 Å². The first kappa shape index (κ1) is 21.5. The number of hydrogen-bond donors (Lipinski definition) is 2. The number of aromatic nitrogens is 1. The second-order valence-corrected chi connectivity index (χ2v) is 7.73. The molecule has 0 saturated heterocycles. The van der Waals surface area contributed by atoms with Crippen LogP contribution in [0.5, 0.6) is 11.5 Å². The van der Waals surface area contributed by atoms with E-state index in [1.54, 1.807) is 0 Å². The number of aromatic amines is 1.